The second-order valence-corrected chi connectivity index (χ2v) is 6.47. The molecule has 0 aliphatic rings. The van der Waals surface area contributed by atoms with Gasteiger partial charge in [0.15, 0.2) is 11.5 Å². The quantitative estimate of drug-likeness (QED) is 0.731. The first-order valence-corrected chi connectivity index (χ1v) is 8.52. The minimum absolute atomic E-state index is 0.240. The number of aromatic nitrogens is 2. The van der Waals surface area contributed by atoms with Crippen LogP contribution in [0.1, 0.15) is 32.7 Å². The van der Waals surface area contributed by atoms with Crippen LogP contribution in [0.3, 0.4) is 0 Å². The minimum Gasteiger partial charge on any atom is -0.347 e. The number of rotatable bonds is 5. The molecule has 0 unspecified atom stereocenters. The van der Waals surface area contributed by atoms with E-state index in [0.29, 0.717) is 18.1 Å². The van der Waals surface area contributed by atoms with Crippen LogP contribution in [0.25, 0.3) is 0 Å². The zero-order chi connectivity index (χ0) is 18.5. The Bertz CT molecular complexity index is 882. The largest absolute Gasteiger partial charge is 0.347 e. The number of nitrogens with zero attached hydrogens (tertiary/aromatic N) is 2. The van der Waals surface area contributed by atoms with Gasteiger partial charge in [-0.2, -0.15) is 0 Å². The van der Waals surface area contributed by atoms with E-state index in [0.717, 1.165) is 11.3 Å². The normalized spacial score (nSPS) is 10.4. The smallest absolute Gasteiger partial charge is 0.272 e. The van der Waals surface area contributed by atoms with Crippen molar-refractivity contribution in [3.63, 3.8) is 0 Å². The summed E-state index contributed by atoms with van der Waals surface area (Å²) in [5.74, 6) is 0.362. The molecule has 0 radical (unpaired) electrons. The van der Waals surface area contributed by atoms with Gasteiger partial charge < -0.3 is 10.6 Å². The maximum Gasteiger partial charge on any atom is 0.272 e. The number of hydrogen-bond acceptors (Lipinski definition) is 4. The van der Waals surface area contributed by atoms with E-state index in [1.54, 1.807) is 12.1 Å². The van der Waals surface area contributed by atoms with Gasteiger partial charge in [0.05, 0.1) is 0 Å². The van der Waals surface area contributed by atoms with Crippen LogP contribution < -0.4 is 10.6 Å². The molecule has 0 bridgehead atoms. The Kier molecular flexibility index (Phi) is 5.27. The second-order valence-electron chi connectivity index (χ2n) is 6.47. The van der Waals surface area contributed by atoms with Crippen molar-refractivity contribution < 1.29 is 4.79 Å². The van der Waals surface area contributed by atoms with E-state index < -0.39 is 0 Å². The molecule has 5 heteroatoms. The lowest BCUT2D eigenvalue weighted by atomic mass is 10.1. The molecule has 3 rings (SSSR count). The Hall–Kier alpha value is -3.21. The summed E-state index contributed by atoms with van der Waals surface area (Å²) in [5, 5.41) is 14.2. The number of aryl methyl sites for hydroxylation is 3. The van der Waals surface area contributed by atoms with Gasteiger partial charge in [-0.1, -0.05) is 35.9 Å². The summed E-state index contributed by atoms with van der Waals surface area (Å²) in [6, 6.07) is 17.7. The predicted molar refractivity (Wildman–Crippen MR) is 104 cm³/mol. The van der Waals surface area contributed by atoms with Crippen molar-refractivity contribution in [1.29, 1.82) is 0 Å². The number of nitrogens with one attached hydrogen (secondary N) is 2. The molecule has 132 valence electrons. The van der Waals surface area contributed by atoms with Gasteiger partial charge in [-0.3, -0.25) is 4.79 Å². The monoisotopic (exact) mass is 346 g/mol. The van der Waals surface area contributed by atoms with E-state index in [-0.39, 0.29) is 5.91 Å². The summed E-state index contributed by atoms with van der Waals surface area (Å²) in [6.07, 6.45) is 0. The van der Waals surface area contributed by atoms with Gasteiger partial charge in [-0.25, -0.2) is 0 Å². The van der Waals surface area contributed by atoms with Gasteiger partial charge in [-0.15, -0.1) is 10.2 Å². The van der Waals surface area contributed by atoms with Gasteiger partial charge >= 0.3 is 0 Å². The molecule has 0 aliphatic heterocycles. The number of carbonyl (C=O) groups excluding carboxylic acids is 1. The van der Waals surface area contributed by atoms with Crippen molar-refractivity contribution in [2.24, 2.45) is 0 Å². The molecule has 0 spiro atoms. The first-order valence-electron chi connectivity index (χ1n) is 8.52. The van der Waals surface area contributed by atoms with E-state index in [2.05, 4.69) is 26.9 Å². The van der Waals surface area contributed by atoms with Crippen LogP contribution in [0.15, 0.2) is 54.6 Å². The van der Waals surface area contributed by atoms with Crippen LogP contribution in [0.4, 0.5) is 11.5 Å². The highest BCUT2D eigenvalue weighted by molar-refractivity contribution is 5.92. The fourth-order valence-corrected chi connectivity index (χ4v) is 2.69. The molecule has 2 aromatic carbocycles. The lowest BCUT2D eigenvalue weighted by Crippen LogP contribution is -2.24. The summed E-state index contributed by atoms with van der Waals surface area (Å²) < 4.78 is 0. The zero-order valence-electron chi connectivity index (χ0n) is 15.2. The third-order valence-corrected chi connectivity index (χ3v) is 3.96. The number of hydrogen-bond donors (Lipinski definition) is 2. The number of benzene rings is 2. The molecule has 0 fully saturated rings. The molecule has 1 heterocycles. The maximum atomic E-state index is 12.2. The van der Waals surface area contributed by atoms with Gasteiger partial charge in [0.25, 0.3) is 5.91 Å². The van der Waals surface area contributed by atoms with Crippen molar-refractivity contribution in [2.45, 2.75) is 27.3 Å². The SMILES string of the molecule is Cc1ccc(CNC(=O)c2ccc(Nc3cc(C)cc(C)c3)nn2)cc1. The van der Waals surface area contributed by atoms with Crippen LogP contribution >= 0.6 is 0 Å². The number of carbonyl (C=O) groups is 1. The molecule has 26 heavy (non-hydrogen) atoms. The predicted octanol–water partition coefficient (Wildman–Crippen LogP) is 4.08. The summed E-state index contributed by atoms with van der Waals surface area (Å²) >= 11 is 0. The van der Waals surface area contributed by atoms with Gasteiger partial charge in [-0.05, 0) is 61.7 Å². The van der Waals surface area contributed by atoms with Crippen molar-refractivity contribution in [3.8, 4) is 0 Å². The number of amides is 1. The molecule has 0 saturated heterocycles. The Morgan fingerprint density at radius 2 is 1.54 bits per heavy atom. The molecular formula is C21H22N4O. The summed E-state index contributed by atoms with van der Waals surface area (Å²) in [7, 11) is 0. The summed E-state index contributed by atoms with van der Waals surface area (Å²) in [5.41, 5.74) is 5.83. The van der Waals surface area contributed by atoms with E-state index in [1.807, 2.05) is 57.2 Å². The van der Waals surface area contributed by atoms with Crippen LogP contribution in [0, 0.1) is 20.8 Å². The molecular weight excluding hydrogens is 324 g/mol. The summed E-state index contributed by atoms with van der Waals surface area (Å²) in [4.78, 5) is 12.2. The third-order valence-electron chi connectivity index (χ3n) is 3.96. The molecule has 0 aliphatic carbocycles. The van der Waals surface area contributed by atoms with Crippen LogP contribution in [-0.4, -0.2) is 16.1 Å². The van der Waals surface area contributed by atoms with Crippen molar-refractivity contribution in [2.75, 3.05) is 5.32 Å². The van der Waals surface area contributed by atoms with Gasteiger partial charge in [0.1, 0.15) is 0 Å². The summed E-state index contributed by atoms with van der Waals surface area (Å²) in [6.45, 7) is 6.59. The lowest BCUT2D eigenvalue weighted by molar-refractivity contribution is 0.0945. The highest BCUT2D eigenvalue weighted by atomic mass is 16.1. The van der Waals surface area contributed by atoms with E-state index in [1.165, 1.54) is 16.7 Å². The van der Waals surface area contributed by atoms with E-state index in [9.17, 15) is 4.79 Å². The van der Waals surface area contributed by atoms with E-state index >= 15 is 0 Å². The van der Waals surface area contributed by atoms with Gasteiger partial charge in [0, 0.05) is 12.2 Å². The maximum absolute atomic E-state index is 12.2. The average molecular weight is 346 g/mol. The van der Waals surface area contributed by atoms with E-state index in [4.69, 9.17) is 0 Å². The van der Waals surface area contributed by atoms with Crippen LogP contribution in [-0.2, 0) is 6.54 Å². The molecule has 1 amide bonds. The third kappa shape index (κ3) is 4.66. The Morgan fingerprint density at radius 1 is 0.846 bits per heavy atom. The molecule has 0 saturated carbocycles. The second kappa shape index (κ2) is 7.78. The lowest BCUT2D eigenvalue weighted by Gasteiger charge is -2.08. The first-order chi connectivity index (χ1) is 12.5. The number of anilines is 2. The Labute approximate surface area is 153 Å². The molecule has 1 aromatic heterocycles. The Morgan fingerprint density at radius 3 is 2.15 bits per heavy atom. The van der Waals surface area contributed by atoms with Gasteiger partial charge in [0.2, 0.25) is 0 Å². The van der Waals surface area contributed by atoms with Crippen LogP contribution in [0.2, 0.25) is 0 Å². The van der Waals surface area contributed by atoms with Crippen molar-refractivity contribution in [3.05, 3.63) is 82.5 Å². The standard InChI is InChI=1S/C21H22N4O/c1-14-4-6-17(7-5-14)13-22-21(26)19-8-9-20(25-24-19)23-18-11-15(2)10-16(3)12-18/h4-12H,13H2,1-3H3,(H,22,26)(H,23,25). The first kappa shape index (κ1) is 17.6. The van der Waals surface area contributed by atoms with Crippen molar-refractivity contribution in [1.82, 2.24) is 15.5 Å². The average Bonchev–Trinajstić information content (AvgIpc) is 2.61. The Balaban J connectivity index is 1.61. The minimum atomic E-state index is -0.240. The fraction of sp³-hybridized carbons (Fsp3) is 0.190. The molecule has 0 atom stereocenters. The highest BCUT2D eigenvalue weighted by Crippen LogP contribution is 2.17. The molecule has 5 nitrogen and oxygen atoms in total. The molecule has 2 N–H and O–H groups in total. The highest BCUT2D eigenvalue weighted by Gasteiger charge is 2.08. The van der Waals surface area contributed by atoms with Crippen molar-refractivity contribution >= 4 is 17.4 Å². The molecule has 3 aromatic rings. The van der Waals surface area contributed by atoms with Crippen LogP contribution in [0.5, 0.6) is 0 Å². The zero-order valence-corrected chi connectivity index (χ0v) is 15.2. The topological polar surface area (TPSA) is 66.9 Å². The fourth-order valence-electron chi connectivity index (χ4n) is 2.69.